The minimum absolute atomic E-state index is 0.0746. The Morgan fingerprint density at radius 2 is 1.31 bits per heavy atom. The van der Waals surface area contributed by atoms with Crippen LogP contribution in [-0.2, 0) is 18.9 Å². The Bertz CT molecular complexity index is 606. The minimum atomic E-state index is -1.33. The number of hydrogen-bond acceptors (Lipinski definition) is 13. The zero-order chi connectivity index (χ0) is 23.7. The van der Waals surface area contributed by atoms with Crippen molar-refractivity contribution in [3.05, 3.63) is 0 Å². The van der Waals surface area contributed by atoms with Gasteiger partial charge in [-0.1, -0.05) is 6.92 Å². The summed E-state index contributed by atoms with van der Waals surface area (Å²) in [5.74, 6) is 0. The van der Waals surface area contributed by atoms with Gasteiger partial charge in [-0.15, -0.1) is 0 Å². The van der Waals surface area contributed by atoms with Gasteiger partial charge in [0.05, 0.1) is 36.5 Å². The molecular weight excluding hydrogens is 426 g/mol. The van der Waals surface area contributed by atoms with E-state index in [2.05, 4.69) is 0 Å². The van der Waals surface area contributed by atoms with E-state index < -0.39 is 85.6 Å². The molecule has 1 saturated carbocycles. The predicted molar refractivity (Wildman–Crippen MR) is 112 cm³/mol. The maximum Gasteiger partial charge on any atom is 0.186 e. The highest BCUT2D eigenvalue weighted by atomic mass is 16.7. The molecule has 2 aliphatic heterocycles. The summed E-state index contributed by atoms with van der Waals surface area (Å²) in [5.41, 5.74) is 30.0. The van der Waals surface area contributed by atoms with E-state index in [1.54, 1.807) is 6.92 Å². The van der Waals surface area contributed by atoms with Crippen molar-refractivity contribution < 1.29 is 39.4 Å². The quantitative estimate of drug-likeness (QED) is 0.179. The number of rotatable bonds is 6. The van der Waals surface area contributed by atoms with Crippen LogP contribution in [-0.4, -0.2) is 113 Å². The van der Waals surface area contributed by atoms with E-state index in [9.17, 15) is 20.4 Å². The minimum Gasteiger partial charge on any atom is -0.390 e. The number of aliphatic hydroxyl groups excluding tert-OH is 4. The number of ether oxygens (including phenoxy) is 4. The van der Waals surface area contributed by atoms with Gasteiger partial charge >= 0.3 is 0 Å². The van der Waals surface area contributed by atoms with E-state index in [1.807, 2.05) is 0 Å². The molecule has 0 amide bonds. The molecule has 0 radical (unpaired) electrons. The van der Waals surface area contributed by atoms with Gasteiger partial charge in [-0.3, -0.25) is 0 Å². The molecule has 2 heterocycles. The Labute approximate surface area is 187 Å². The summed E-state index contributed by atoms with van der Waals surface area (Å²) in [6.45, 7) is 1.88. The van der Waals surface area contributed by atoms with Crippen molar-refractivity contribution in [1.29, 1.82) is 0 Å². The fourth-order valence-electron chi connectivity index (χ4n) is 4.61. The van der Waals surface area contributed by atoms with Crippen LogP contribution >= 0.6 is 0 Å². The first kappa shape index (κ1) is 26.1. The molecule has 13 heteroatoms. The topological polar surface area (TPSA) is 248 Å². The summed E-state index contributed by atoms with van der Waals surface area (Å²) < 4.78 is 23.1. The van der Waals surface area contributed by atoms with Gasteiger partial charge in [0.15, 0.2) is 12.6 Å². The molecule has 14 atom stereocenters. The van der Waals surface area contributed by atoms with Crippen LogP contribution in [0.2, 0.25) is 0 Å². The smallest absolute Gasteiger partial charge is 0.186 e. The predicted octanol–water partition coefficient (Wildman–Crippen LogP) is -4.88. The van der Waals surface area contributed by atoms with Crippen molar-refractivity contribution in [2.75, 3.05) is 6.54 Å². The van der Waals surface area contributed by atoms with E-state index in [-0.39, 0.29) is 19.4 Å². The Kier molecular flexibility index (Phi) is 8.82. The Balaban J connectivity index is 1.70. The third-order valence-electron chi connectivity index (χ3n) is 6.64. The second-order valence-corrected chi connectivity index (χ2v) is 9.01. The summed E-state index contributed by atoms with van der Waals surface area (Å²) in [6.07, 6.45) is -9.01. The van der Waals surface area contributed by atoms with Crippen LogP contribution in [0.1, 0.15) is 26.2 Å². The first-order valence-electron chi connectivity index (χ1n) is 11.1. The van der Waals surface area contributed by atoms with Crippen LogP contribution in [0.15, 0.2) is 0 Å². The molecule has 3 fully saturated rings. The maximum absolute atomic E-state index is 11.0. The Morgan fingerprint density at radius 1 is 0.750 bits per heavy atom. The van der Waals surface area contributed by atoms with Crippen molar-refractivity contribution in [3.63, 3.8) is 0 Å². The molecule has 2 saturated heterocycles. The molecule has 188 valence electrons. The molecule has 0 aromatic heterocycles. The SMILES string of the molecule is CC[C@H]1O[C@H](O[C@@H]2[C@@H](O)[C@H](O[C@H]3O[C@H](CN)[C@@H](O)C[C@H]3N)[C@@H](N)C[C@H]2N)[C@H](O)[C@@H](N)[C@@H]1O. The molecule has 3 aliphatic rings. The molecule has 0 aromatic rings. The van der Waals surface area contributed by atoms with Crippen molar-refractivity contribution >= 4 is 0 Å². The van der Waals surface area contributed by atoms with Crippen molar-refractivity contribution in [3.8, 4) is 0 Å². The second kappa shape index (κ2) is 10.8. The Morgan fingerprint density at radius 3 is 1.88 bits per heavy atom. The van der Waals surface area contributed by atoms with Gasteiger partial charge < -0.3 is 68.0 Å². The second-order valence-electron chi connectivity index (χ2n) is 9.01. The summed E-state index contributed by atoms with van der Waals surface area (Å²) in [6, 6.07) is -2.98. The van der Waals surface area contributed by atoms with E-state index in [0.717, 1.165) is 0 Å². The highest BCUT2D eigenvalue weighted by Gasteiger charge is 2.50. The van der Waals surface area contributed by atoms with Gasteiger partial charge in [0.1, 0.15) is 24.4 Å². The standard InChI is InChI=1S/C19H39N5O8/c1-2-10-13(26)12(24)14(27)19(29-10)32-17-7(22)3-6(21)16(15(17)28)31-18-8(23)4-9(25)11(5-20)30-18/h6-19,25-28H,2-5,20-24H2,1H3/t6-,7+,8+,9-,10+,11+,12-,13+,14+,15-,16+,17-,18+,19+/m0/s1. The summed E-state index contributed by atoms with van der Waals surface area (Å²) in [5, 5.41) is 41.6. The third-order valence-corrected chi connectivity index (χ3v) is 6.64. The Hall–Kier alpha value is -0.520. The lowest BCUT2D eigenvalue weighted by Crippen LogP contribution is -2.68. The highest BCUT2D eigenvalue weighted by molar-refractivity contribution is 5.01. The molecule has 0 unspecified atom stereocenters. The van der Waals surface area contributed by atoms with Gasteiger partial charge in [0.25, 0.3) is 0 Å². The van der Waals surface area contributed by atoms with Crippen LogP contribution in [0.5, 0.6) is 0 Å². The largest absolute Gasteiger partial charge is 0.390 e. The van der Waals surface area contributed by atoms with Gasteiger partial charge in [0.2, 0.25) is 0 Å². The van der Waals surface area contributed by atoms with E-state index in [0.29, 0.717) is 6.42 Å². The van der Waals surface area contributed by atoms with Gasteiger partial charge in [0, 0.05) is 18.6 Å². The zero-order valence-corrected chi connectivity index (χ0v) is 18.2. The van der Waals surface area contributed by atoms with Crippen molar-refractivity contribution in [2.45, 2.75) is 112 Å². The van der Waals surface area contributed by atoms with Crippen LogP contribution in [0.3, 0.4) is 0 Å². The van der Waals surface area contributed by atoms with Crippen molar-refractivity contribution in [1.82, 2.24) is 0 Å². The third kappa shape index (κ3) is 5.25. The lowest BCUT2D eigenvalue weighted by Gasteiger charge is -2.48. The molecule has 0 bridgehead atoms. The van der Waals surface area contributed by atoms with Gasteiger partial charge in [-0.05, 0) is 19.3 Å². The molecule has 1 aliphatic carbocycles. The monoisotopic (exact) mass is 465 g/mol. The molecule has 0 aromatic carbocycles. The van der Waals surface area contributed by atoms with Gasteiger partial charge in [-0.25, -0.2) is 0 Å². The summed E-state index contributed by atoms with van der Waals surface area (Å²) >= 11 is 0. The average molecular weight is 466 g/mol. The fraction of sp³-hybridized carbons (Fsp3) is 1.00. The lowest BCUT2D eigenvalue weighted by atomic mass is 9.84. The van der Waals surface area contributed by atoms with E-state index in [4.69, 9.17) is 47.6 Å². The fourth-order valence-corrected chi connectivity index (χ4v) is 4.61. The van der Waals surface area contributed by atoms with Crippen LogP contribution in [0.4, 0.5) is 0 Å². The van der Waals surface area contributed by atoms with Crippen LogP contribution < -0.4 is 28.7 Å². The van der Waals surface area contributed by atoms with Crippen LogP contribution in [0.25, 0.3) is 0 Å². The number of nitrogens with two attached hydrogens (primary N) is 5. The van der Waals surface area contributed by atoms with E-state index in [1.165, 1.54) is 0 Å². The maximum atomic E-state index is 11.0. The molecule has 32 heavy (non-hydrogen) atoms. The molecule has 0 spiro atoms. The molecule has 3 rings (SSSR count). The zero-order valence-electron chi connectivity index (χ0n) is 18.2. The van der Waals surface area contributed by atoms with Crippen molar-refractivity contribution in [2.24, 2.45) is 28.7 Å². The average Bonchev–Trinajstić information content (AvgIpc) is 2.75. The number of hydrogen-bond donors (Lipinski definition) is 9. The van der Waals surface area contributed by atoms with E-state index >= 15 is 0 Å². The van der Waals surface area contributed by atoms with Crippen LogP contribution in [0, 0.1) is 0 Å². The summed E-state index contributed by atoms with van der Waals surface area (Å²) in [4.78, 5) is 0. The molecular formula is C19H39N5O8. The molecule has 13 nitrogen and oxygen atoms in total. The van der Waals surface area contributed by atoms with Gasteiger partial charge in [-0.2, -0.15) is 0 Å². The first-order chi connectivity index (χ1) is 15.1. The first-order valence-corrected chi connectivity index (χ1v) is 11.1. The normalized spacial score (nSPS) is 52.7. The lowest BCUT2D eigenvalue weighted by molar-refractivity contribution is -0.312. The summed E-state index contributed by atoms with van der Waals surface area (Å²) in [7, 11) is 0. The number of aliphatic hydroxyl groups is 4. The molecule has 14 N–H and O–H groups in total. The highest BCUT2D eigenvalue weighted by Crippen LogP contribution is 2.31.